The first-order chi connectivity index (χ1) is 16.7. The Hall–Kier alpha value is -3.85. The average molecular weight is 483 g/mol. The highest BCUT2D eigenvalue weighted by atomic mass is 19.4. The number of carbonyl (C=O) groups excluding carboxylic acids is 2. The predicted octanol–water partition coefficient (Wildman–Crippen LogP) is 4.95. The Morgan fingerprint density at radius 2 is 1.66 bits per heavy atom. The second-order valence-corrected chi connectivity index (χ2v) is 8.29. The molecule has 1 saturated heterocycles. The van der Waals surface area contributed by atoms with Crippen molar-refractivity contribution >= 4 is 23.3 Å². The van der Waals surface area contributed by atoms with Gasteiger partial charge < -0.3 is 20.7 Å². The predicted molar refractivity (Wildman–Crippen MR) is 127 cm³/mol. The molecule has 1 aliphatic heterocycles. The maximum atomic E-state index is 13.2. The highest BCUT2D eigenvalue weighted by Crippen LogP contribution is 2.34. The molecule has 0 aliphatic carbocycles. The molecule has 6 nitrogen and oxygen atoms in total. The van der Waals surface area contributed by atoms with Crippen LogP contribution in [-0.4, -0.2) is 38.1 Å². The van der Waals surface area contributed by atoms with Gasteiger partial charge in [-0.05, 0) is 60.5 Å². The van der Waals surface area contributed by atoms with Crippen LogP contribution in [0.1, 0.15) is 32.7 Å². The van der Waals surface area contributed by atoms with Crippen LogP contribution in [0.25, 0.3) is 11.1 Å². The third-order valence-corrected chi connectivity index (χ3v) is 5.93. The van der Waals surface area contributed by atoms with Crippen molar-refractivity contribution in [2.24, 2.45) is 5.73 Å². The summed E-state index contributed by atoms with van der Waals surface area (Å²) in [6.45, 7) is 1.63. The number of benzene rings is 3. The third-order valence-electron chi connectivity index (χ3n) is 5.93. The summed E-state index contributed by atoms with van der Waals surface area (Å²) in [5.74, 6) is -1.22. The number of halogens is 3. The molecule has 35 heavy (non-hydrogen) atoms. The van der Waals surface area contributed by atoms with E-state index in [1.807, 2.05) is 12.1 Å². The minimum Gasteiger partial charge on any atom is -0.465 e. The summed E-state index contributed by atoms with van der Waals surface area (Å²) in [4.78, 5) is 27.8. The average Bonchev–Trinajstić information content (AvgIpc) is 3.29. The highest BCUT2D eigenvalue weighted by Gasteiger charge is 2.30. The number of methoxy groups -OCH3 is 1. The van der Waals surface area contributed by atoms with Gasteiger partial charge in [0.25, 0.3) is 5.91 Å². The van der Waals surface area contributed by atoms with Gasteiger partial charge in [-0.1, -0.05) is 18.2 Å². The van der Waals surface area contributed by atoms with Crippen LogP contribution in [0, 0.1) is 0 Å². The Kier molecular flexibility index (Phi) is 6.79. The standard InChI is InChI=1S/C26H24F3N3O3/c1-35-25(34)22-4-2-3-21(23(22)16-5-7-17(8-6-16)26(27,28)29)24(33)31-19-9-11-20(12-10-19)32-14-13-18(30)15-32/h2-12,18H,13-15,30H2,1H3,(H,31,33). The second kappa shape index (κ2) is 9.79. The Bertz CT molecular complexity index is 1230. The molecule has 1 amide bonds. The van der Waals surface area contributed by atoms with E-state index in [-0.39, 0.29) is 28.3 Å². The highest BCUT2D eigenvalue weighted by molar-refractivity contribution is 6.12. The van der Waals surface area contributed by atoms with E-state index in [0.29, 0.717) is 5.69 Å². The van der Waals surface area contributed by atoms with Crippen molar-refractivity contribution in [1.29, 1.82) is 0 Å². The van der Waals surface area contributed by atoms with E-state index in [9.17, 15) is 22.8 Å². The SMILES string of the molecule is COC(=O)c1cccc(C(=O)Nc2ccc(N3CCC(N)C3)cc2)c1-c1ccc(C(F)(F)F)cc1. The largest absolute Gasteiger partial charge is 0.465 e. The lowest BCUT2D eigenvalue weighted by atomic mass is 9.93. The molecule has 4 rings (SSSR count). The quantitative estimate of drug-likeness (QED) is 0.502. The first-order valence-electron chi connectivity index (χ1n) is 11.0. The van der Waals surface area contributed by atoms with Gasteiger partial charge in [-0.25, -0.2) is 4.79 Å². The molecule has 3 aromatic rings. The molecular formula is C26H24F3N3O3. The summed E-state index contributed by atoms with van der Waals surface area (Å²) in [5.41, 5.74) is 7.33. The van der Waals surface area contributed by atoms with Crippen LogP contribution in [0.2, 0.25) is 0 Å². The lowest BCUT2D eigenvalue weighted by molar-refractivity contribution is -0.137. The van der Waals surface area contributed by atoms with E-state index in [1.54, 1.807) is 12.1 Å². The summed E-state index contributed by atoms with van der Waals surface area (Å²) >= 11 is 0. The Morgan fingerprint density at radius 3 is 2.23 bits per heavy atom. The summed E-state index contributed by atoms with van der Waals surface area (Å²) in [5, 5.41) is 2.80. The van der Waals surface area contributed by atoms with Crippen LogP contribution in [-0.2, 0) is 10.9 Å². The Balaban J connectivity index is 1.65. The number of nitrogens with one attached hydrogen (secondary N) is 1. The molecule has 3 aromatic carbocycles. The number of esters is 1. The molecule has 0 aromatic heterocycles. The van der Waals surface area contributed by atoms with Crippen LogP contribution in [0.5, 0.6) is 0 Å². The van der Waals surface area contributed by atoms with Crippen molar-refractivity contribution in [3.05, 3.63) is 83.4 Å². The van der Waals surface area contributed by atoms with E-state index in [0.717, 1.165) is 37.3 Å². The van der Waals surface area contributed by atoms with Gasteiger partial charge in [0, 0.05) is 41.6 Å². The fourth-order valence-electron chi connectivity index (χ4n) is 4.13. The van der Waals surface area contributed by atoms with Crippen molar-refractivity contribution in [3.8, 4) is 11.1 Å². The molecule has 1 heterocycles. The number of carbonyl (C=O) groups is 2. The number of rotatable bonds is 5. The minimum absolute atomic E-state index is 0.0700. The Labute approximate surface area is 200 Å². The van der Waals surface area contributed by atoms with Gasteiger partial charge in [-0.2, -0.15) is 13.2 Å². The van der Waals surface area contributed by atoms with Crippen molar-refractivity contribution in [1.82, 2.24) is 0 Å². The van der Waals surface area contributed by atoms with Crippen molar-refractivity contribution in [2.45, 2.75) is 18.6 Å². The smallest absolute Gasteiger partial charge is 0.416 e. The molecule has 3 N–H and O–H groups in total. The topological polar surface area (TPSA) is 84.7 Å². The number of ether oxygens (including phenoxy) is 1. The van der Waals surface area contributed by atoms with Crippen LogP contribution >= 0.6 is 0 Å². The van der Waals surface area contributed by atoms with Crippen LogP contribution < -0.4 is 16.0 Å². The van der Waals surface area contributed by atoms with Crippen molar-refractivity contribution in [2.75, 3.05) is 30.4 Å². The molecule has 1 unspecified atom stereocenters. The van der Waals surface area contributed by atoms with E-state index >= 15 is 0 Å². The van der Waals surface area contributed by atoms with Gasteiger partial charge in [0.1, 0.15) is 0 Å². The molecule has 1 fully saturated rings. The third kappa shape index (κ3) is 5.30. The number of amides is 1. The number of nitrogens with zero attached hydrogens (tertiary/aromatic N) is 1. The Morgan fingerprint density at radius 1 is 1.00 bits per heavy atom. The zero-order chi connectivity index (χ0) is 25.2. The van der Waals surface area contributed by atoms with Crippen molar-refractivity contribution < 1.29 is 27.5 Å². The van der Waals surface area contributed by atoms with Gasteiger partial charge in [-0.3, -0.25) is 4.79 Å². The van der Waals surface area contributed by atoms with E-state index in [2.05, 4.69) is 10.2 Å². The molecule has 182 valence electrons. The fraction of sp³-hybridized carbons (Fsp3) is 0.231. The number of alkyl halides is 3. The van der Waals surface area contributed by atoms with E-state index < -0.39 is 23.6 Å². The molecule has 1 aliphatic rings. The first-order valence-corrected chi connectivity index (χ1v) is 11.0. The molecule has 9 heteroatoms. The first kappa shape index (κ1) is 24.3. The zero-order valence-electron chi connectivity index (χ0n) is 18.9. The maximum Gasteiger partial charge on any atom is 0.416 e. The molecule has 0 bridgehead atoms. The van der Waals surface area contributed by atoms with Crippen LogP contribution in [0.15, 0.2) is 66.7 Å². The van der Waals surface area contributed by atoms with Gasteiger partial charge in [0.2, 0.25) is 0 Å². The molecular weight excluding hydrogens is 459 g/mol. The minimum atomic E-state index is -4.51. The molecule has 0 radical (unpaired) electrons. The van der Waals surface area contributed by atoms with Crippen LogP contribution in [0.3, 0.4) is 0 Å². The lowest BCUT2D eigenvalue weighted by Gasteiger charge is -2.19. The van der Waals surface area contributed by atoms with Gasteiger partial charge in [0.05, 0.1) is 18.2 Å². The number of hydrogen-bond donors (Lipinski definition) is 2. The van der Waals surface area contributed by atoms with Gasteiger partial charge in [0.15, 0.2) is 0 Å². The fourth-order valence-corrected chi connectivity index (χ4v) is 4.13. The molecule has 0 saturated carbocycles. The normalized spacial score (nSPS) is 15.7. The van der Waals surface area contributed by atoms with E-state index in [1.165, 1.54) is 37.4 Å². The number of hydrogen-bond acceptors (Lipinski definition) is 5. The molecule has 0 spiro atoms. The second-order valence-electron chi connectivity index (χ2n) is 8.29. The molecule has 1 atom stereocenters. The summed E-state index contributed by atoms with van der Waals surface area (Å²) < 4.78 is 43.9. The summed E-state index contributed by atoms with van der Waals surface area (Å²) in [7, 11) is 1.19. The number of nitrogens with two attached hydrogens (primary N) is 1. The monoisotopic (exact) mass is 483 g/mol. The zero-order valence-corrected chi connectivity index (χ0v) is 18.9. The summed E-state index contributed by atoms with van der Waals surface area (Å²) in [6.07, 6.45) is -3.59. The van der Waals surface area contributed by atoms with Crippen LogP contribution in [0.4, 0.5) is 24.5 Å². The maximum absolute atomic E-state index is 13.2. The van der Waals surface area contributed by atoms with Gasteiger partial charge in [-0.15, -0.1) is 0 Å². The van der Waals surface area contributed by atoms with Gasteiger partial charge >= 0.3 is 12.1 Å². The summed E-state index contributed by atoms with van der Waals surface area (Å²) in [6, 6.07) is 16.2. The van der Waals surface area contributed by atoms with Crippen molar-refractivity contribution in [3.63, 3.8) is 0 Å². The lowest BCUT2D eigenvalue weighted by Crippen LogP contribution is -2.26. The number of anilines is 2. The van der Waals surface area contributed by atoms with E-state index in [4.69, 9.17) is 10.5 Å².